The molecule has 0 aromatic heterocycles. The molecular weight excluding hydrogens is 520 g/mol. The van der Waals surface area contributed by atoms with Gasteiger partial charge in [-0.3, -0.25) is 0 Å². The van der Waals surface area contributed by atoms with Gasteiger partial charge in [0.05, 0.1) is 0 Å². The Hall–Kier alpha value is -3.52. The maximum atomic E-state index is 6.10. The average molecular weight is 573 g/mol. The summed E-state index contributed by atoms with van der Waals surface area (Å²) in [5.41, 5.74) is 25.1. The fourth-order valence-electron chi connectivity index (χ4n) is 7.83. The van der Waals surface area contributed by atoms with E-state index in [1.54, 1.807) is 0 Å². The molecule has 4 aromatic rings. The van der Waals surface area contributed by atoms with Gasteiger partial charge in [0.1, 0.15) is 0 Å². The van der Waals surface area contributed by atoms with Crippen molar-refractivity contribution in [1.29, 1.82) is 0 Å². The van der Waals surface area contributed by atoms with Gasteiger partial charge in [0.2, 0.25) is 0 Å². The normalized spacial score (nSPS) is 20.1. The number of hydrogen-bond donors (Lipinski definition) is 2. The van der Waals surface area contributed by atoms with E-state index < -0.39 is 0 Å². The Morgan fingerprint density at radius 3 is 1.37 bits per heavy atom. The first kappa shape index (κ1) is 30.9. The lowest BCUT2D eigenvalue weighted by Crippen LogP contribution is -2.32. The lowest BCUT2D eigenvalue weighted by atomic mass is 9.63. The summed E-state index contributed by atoms with van der Waals surface area (Å²) in [6, 6.07) is 32.3. The van der Waals surface area contributed by atoms with Crippen molar-refractivity contribution >= 4 is 11.4 Å². The summed E-state index contributed by atoms with van der Waals surface area (Å²) >= 11 is 0. The minimum absolute atomic E-state index is 0.0678. The Labute approximate surface area is 260 Å². The molecule has 2 nitrogen and oxygen atoms in total. The Morgan fingerprint density at radius 2 is 1.02 bits per heavy atom. The van der Waals surface area contributed by atoms with E-state index in [1.165, 1.54) is 70.2 Å². The van der Waals surface area contributed by atoms with Gasteiger partial charge < -0.3 is 11.5 Å². The minimum Gasteiger partial charge on any atom is -0.399 e. The summed E-state index contributed by atoms with van der Waals surface area (Å²) < 4.78 is 0. The molecule has 0 bridgehead atoms. The van der Waals surface area contributed by atoms with Crippen LogP contribution in [0.15, 0.2) is 84.9 Å². The van der Waals surface area contributed by atoms with Crippen LogP contribution in [-0.4, -0.2) is 0 Å². The summed E-state index contributed by atoms with van der Waals surface area (Å²) in [5, 5.41) is 0. The molecule has 4 aromatic carbocycles. The SMILES string of the molecule is CCCC(c1ccc(C2(c3ccc(C(CCC)c4ccc(N)cc4C)cc3)CCC(C)CC2)cc1)c1ccc(N)cc1C. The van der Waals surface area contributed by atoms with Crippen LogP contribution >= 0.6 is 0 Å². The van der Waals surface area contributed by atoms with Gasteiger partial charge in [0.15, 0.2) is 0 Å². The van der Waals surface area contributed by atoms with E-state index in [-0.39, 0.29) is 5.41 Å². The number of anilines is 2. The van der Waals surface area contributed by atoms with Crippen LogP contribution in [0.4, 0.5) is 11.4 Å². The molecule has 2 heteroatoms. The lowest BCUT2D eigenvalue weighted by Gasteiger charge is -2.41. The topological polar surface area (TPSA) is 52.0 Å². The molecule has 1 saturated carbocycles. The third kappa shape index (κ3) is 6.54. The standard InChI is InChI=1S/C41H52N2/c1-6-8-39(37-20-18-35(42)26-29(37)4)31-10-14-33(15-11-31)41(24-22-28(3)23-25-41)34-16-12-32(13-17-34)40(9-7-2)38-21-19-36(43)27-30(38)5/h10-21,26-28,39-40H,6-9,22-25,42-43H2,1-5H3. The fourth-order valence-corrected chi connectivity index (χ4v) is 7.83. The van der Waals surface area contributed by atoms with E-state index in [4.69, 9.17) is 11.5 Å². The zero-order chi connectivity index (χ0) is 30.6. The maximum absolute atomic E-state index is 6.10. The molecule has 1 fully saturated rings. The van der Waals surface area contributed by atoms with E-state index in [0.717, 1.165) is 43.0 Å². The molecule has 0 saturated heterocycles. The summed E-state index contributed by atoms with van der Waals surface area (Å²) in [5.74, 6) is 1.58. The Morgan fingerprint density at radius 1 is 0.628 bits per heavy atom. The summed E-state index contributed by atoms with van der Waals surface area (Å²) in [4.78, 5) is 0. The highest BCUT2D eigenvalue weighted by Crippen LogP contribution is 2.47. The van der Waals surface area contributed by atoms with Crippen molar-refractivity contribution in [1.82, 2.24) is 0 Å². The maximum Gasteiger partial charge on any atom is 0.0316 e. The van der Waals surface area contributed by atoms with Gasteiger partial charge >= 0.3 is 0 Å². The Bertz CT molecular complexity index is 1380. The lowest BCUT2D eigenvalue weighted by molar-refractivity contribution is 0.280. The molecule has 0 amide bonds. The number of rotatable bonds is 10. The zero-order valence-electron chi connectivity index (χ0n) is 27.1. The van der Waals surface area contributed by atoms with Gasteiger partial charge in [-0.15, -0.1) is 0 Å². The highest BCUT2D eigenvalue weighted by atomic mass is 14.5. The van der Waals surface area contributed by atoms with E-state index in [1.807, 2.05) is 0 Å². The third-order valence-electron chi connectivity index (χ3n) is 10.4. The number of benzene rings is 4. The second-order valence-corrected chi connectivity index (χ2v) is 13.4. The van der Waals surface area contributed by atoms with Crippen molar-refractivity contribution in [3.05, 3.63) is 129 Å². The fraction of sp³-hybridized carbons (Fsp3) is 0.415. The molecule has 0 aliphatic heterocycles. The largest absolute Gasteiger partial charge is 0.399 e. The van der Waals surface area contributed by atoms with Crippen LogP contribution in [0.25, 0.3) is 0 Å². The van der Waals surface area contributed by atoms with Crippen LogP contribution < -0.4 is 11.5 Å². The van der Waals surface area contributed by atoms with Gasteiger partial charge in [0.25, 0.3) is 0 Å². The predicted molar refractivity (Wildman–Crippen MR) is 186 cm³/mol. The molecule has 226 valence electrons. The average Bonchev–Trinajstić information content (AvgIpc) is 3.00. The second-order valence-electron chi connectivity index (χ2n) is 13.4. The van der Waals surface area contributed by atoms with Crippen molar-refractivity contribution in [2.24, 2.45) is 5.92 Å². The quantitative estimate of drug-likeness (QED) is 0.186. The van der Waals surface area contributed by atoms with E-state index in [0.29, 0.717) is 11.8 Å². The first-order valence-corrected chi connectivity index (χ1v) is 16.7. The smallest absolute Gasteiger partial charge is 0.0316 e. The molecule has 4 N–H and O–H groups in total. The highest BCUT2D eigenvalue weighted by Gasteiger charge is 2.37. The van der Waals surface area contributed by atoms with Crippen LogP contribution in [0.5, 0.6) is 0 Å². The molecule has 0 radical (unpaired) electrons. The van der Waals surface area contributed by atoms with Gasteiger partial charge in [0, 0.05) is 28.6 Å². The molecule has 0 heterocycles. The van der Waals surface area contributed by atoms with Crippen molar-refractivity contribution in [2.45, 2.75) is 103 Å². The molecule has 2 atom stereocenters. The van der Waals surface area contributed by atoms with Crippen molar-refractivity contribution in [3.63, 3.8) is 0 Å². The number of aryl methyl sites for hydroxylation is 2. The molecule has 1 aliphatic carbocycles. The Balaban J connectivity index is 1.49. The van der Waals surface area contributed by atoms with Crippen LogP contribution in [0.1, 0.15) is 128 Å². The third-order valence-corrected chi connectivity index (χ3v) is 10.4. The number of hydrogen-bond acceptors (Lipinski definition) is 2. The van der Waals surface area contributed by atoms with E-state index >= 15 is 0 Å². The van der Waals surface area contributed by atoms with Crippen LogP contribution in [-0.2, 0) is 5.41 Å². The minimum atomic E-state index is 0.0678. The van der Waals surface area contributed by atoms with E-state index in [9.17, 15) is 0 Å². The van der Waals surface area contributed by atoms with Crippen LogP contribution in [0.2, 0.25) is 0 Å². The molecular formula is C41H52N2. The zero-order valence-corrected chi connectivity index (χ0v) is 27.1. The first-order valence-electron chi connectivity index (χ1n) is 16.7. The molecule has 1 aliphatic rings. The first-order chi connectivity index (χ1) is 20.8. The van der Waals surface area contributed by atoms with Gasteiger partial charge in [-0.05, 0) is 127 Å². The van der Waals surface area contributed by atoms with Crippen molar-refractivity contribution in [3.8, 4) is 0 Å². The van der Waals surface area contributed by atoms with Crippen molar-refractivity contribution < 1.29 is 0 Å². The molecule has 5 rings (SSSR count). The number of nitrogens with two attached hydrogens (primary N) is 2. The molecule has 2 unspecified atom stereocenters. The predicted octanol–water partition coefficient (Wildman–Crippen LogP) is 10.8. The highest BCUT2D eigenvalue weighted by molar-refractivity contribution is 5.50. The Kier molecular flexibility index (Phi) is 9.65. The van der Waals surface area contributed by atoms with Gasteiger partial charge in [-0.25, -0.2) is 0 Å². The molecule has 43 heavy (non-hydrogen) atoms. The summed E-state index contributed by atoms with van der Waals surface area (Å²) in [6.45, 7) is 11.4. The number of nitrogen functional groups attached to an aromatic ring is 2. The van der Waals surface area contributed by atoms with E-state index in [2.05, 4.69) is 120 Å². The van der Waals surface area contributed by atoms with Crippen LogP contribution in [0.3, 0.4) is 0 Å². The summed E-state index contributed by atoms with van der Waals surface area (Å²) in [7, 11) is 0. The van der Waals surface area contributed by atoms with Gasteiger partial charge in [-0.1, -0.05) is 94.3 Å². The second kappa shape index (κ2) is 13.4. The van der Waals surface area contributed by atoms with Crippen LogP contribution in [0, 0.1) is 19.8 Å². The summed E-state index contributed by atoms with van der Waals surface area (Å²) in [6.07, 6.45) is 9.54. The van der Waals surface area contributed by atoms with Gasteiger partial charge in [-0.2, -0.15) is 0 Å². The molecule has 0 spiro atoms. The van der Waals surface area contributed by atoms with Crippen molar-refractivity contribution in [2.75, 3.05) is 11.5 Å². The monoisotopic (exact) mass is 572 g/mol.